The molecule has 174 valence electrons. The number of aliphatic imine (C=N–C) groups is 1. The molecule has 0 N–H and O–H groups in total. The van der Waals surface area contributed by atoms with Crippen molar-refractivity contribution in [3.63, 3.8) is 0 Å². The Labute approximate surface area is 223 Å². The molecule has 0 unspecified atom stereocenters. The molecule has 0 spiro atoms. The van der Waals surface area contributed by atoms with Crippen LogP contribution < -0.4 is 4.74 Å². The molecule has 0 atom stereocenters. The smallest absolute Gasteiger partial charge is 0.266 e. The molecule has 4 nitrogen and oxygen atoms in total. The maximum absolute atomic E-state index is 13.2. The molecule has 1 saturated heterocycles. The summed E-state index contributed by atoms with van der Waals surface area (Å²) in [4.78, 5) is 19.6. The highest BCUT2D eigenvalue weighted by molar-refractivity contribution is 9.11. The summed E-state index contributed by atoms with van der Waals surface area (Å²) in [6.07, 6.45) is 1.82. The van der Waals surface area contributed by atoms with Gasteiger partial charge >= 0.3 is 0 Å². The number of hydrogen-bond acceptors (Lipinski definition) is 4. The third kappa shape index (κ3) is 5.74. The first-order chi connectivity index (χ1) is 16.4. The Bertz CT molecular complexity index is 1280. The van der Waals surface area contributed by atoms with E-state index in [1.807, 2.05) is 49.4 Å². The summed E-state index contributed by atoms with van der Waals surface area (Å²) in [6.45, 7) is 2.69. The Morgan fingerprint density at radius 1 is 1.12 bits per heavy atom. The minimum atomic E-state index is -0.331. The topological polar surface area (TPSA) is 41.9 Å². The van der Waals surface area contributed by atoms with Crippen LogP contribution in [0.5, 0.6) is 5.75 Å². The summed E-state index contributed by atoms with van der Waals surface area (Å²) in [5.74, 6) is 0.184. The van der Waals surface area contributed by atoms with Gasteiger partial charge in [-0.25, -0.2) is 9.38 Å². The minimum Gasteiger partial charge on any atom is -0.486 e. The number of likely N-dealkylation sites (N-methyl/N-ethyl adjacent to an activating group) is 1. The standard InChI is InChI=1S/C25H18Br2ClFN2O2S/c1-2-31-24(32)22(34-25(31)30-18-9-7-17(29)8-10-18)13-15-11-19(26)23(20(27)12-15)33-14-16-5-3-4-6-21(16)28/h3-13H,2,14H2,1H3/b22-13+,30-25?. The zero-order valence-electron chi connectivity index (χ0n) is 17.9. The lowest BCUT2D eigenvalue weighted by atomic mass is 10.2. The van der Waals surface area contributed by atoms with Crippen molar-refractivity contribution in [1.82, 2.24) is 4.90 Å². The Morgan fingerprint density at radius 3 is 2.44 bits per heavy atom. The van der Waals surface area contributed by atoms with Gasteiger partial charge in [0.05, 0.1) is 19.5 Å². The van der Waals surface area contributed by atoms with E-state index >= 15 is 0 Å². The van der Waals surface area contributed by atoms with E-state index in [4.69, 9.17) is 16.3 Å². The molecule has 0 bridgehead atoms. The second-order valence-corrected chi connectivity index (χ2v) is 10.3. The number of ether oxygens (including phenoxy) is 1. The lowest BCUT2D eigenvalue weighted by Gasteiger charge is -2.12. The van der Waals surface area contributed by atoms with Crippen molar-refractivity contribution in [1.29, 1.82) is 0 Å². The van der Waals surface area contributed by atoms with Crippen LogP contribution in [-0.2, 0) is 11.4 Å². The summed E-state index contributed by atoms with van der Waals surface area (Å²) in [5.41, 5.74) is 2.29. The number of thioether (sulfide) groups is 1. The lowest BCUT2D eigenvalue weighted by molar-refractivity contribution is -0.122. The Morgan fingerprint density at radius 2 is 1.79 bits per heavy atom. The molecular formula is C25H18Br2ClFN2O2S. The fourth-order valence-electron chi connectivity index (χ4n) is 3.21. The quantitative estimate of drug-likeness (QED) is 0.260. The van der Waals surface area contributed by atoms with E-state index in [0.29, 0.717) is 39.7 Å². The third-order valence-electron chi connectivity index (χ3n) is 4.90. The largest absolute Gasteiger partial charge is 0.486 e. The normalized spacial score (nSPS) is 16.0. The van der Waals surface area contributed by atoms with E-state index < -0.39 is 0 Å². The van der Waals surface area contributed by atoms with E-state index in [2.05, 4.69) is 36.9 Å². The first kappa shape index (κ1) is 25.0. The highest BCUT2D eigenvalue weighted by atomic mass is 79.9. The molecule has 1 aliphatic heterocycles. The lowest BCUT2D eigenvalue weighted by Crippen LogP contribution is -2.28. The number of amides is 1. The van der Waals surface area contributed by atoms with E-state index in [9.17, 15) is 9.18 Å². The van der Waals surface area contributed by atoms with Crippen molar-refractivity contribution in [2.45, 2.75) is 13.5 Å². The molecule has 1 fully saturated rings. The number of benzene rings is 3. The van der Waals surface area contributed by atoms with Crippen LogP contribution in [0.4, 0.5) is 10.1 Å². The molecule has 3 aromatic rings. The minimum absolute atomic E-state index is 0.125. The van der Waals surface area contributed by atoms with Crippen LogP contribution in [0.25, 0.3) is 6.08 Å². The van der Waals surface area contributed by atoms with Gasteiger partial charge < -0.3 is 4.74 Å². The van der Waals surface area contributed by atoms with E-state index in [-0.39, 0.29) is 11.7 Å². The van der Waals surface area contributed by atoms with Gasteiger partial charge in [0.2, 0.25) is 0 Å². The van der Waals surface area contributed by atoms with E-state index in [1.165, 1.54) is 23.9 Å². The predicted molar refractivity (Wildman–Crippen MR) is 144 cm³/mol. The van der Waals surface area contributed by atoms with Crippen LogP contribution in [0, 0.1) is 5.82 Å². The highest BCUT2D eigenvalue weighted by Crippen LogP contribution is 2.39. The van der Waals surface area contributed by atoms with Crippen LogP contribution >= 0.6 is 55.2 Å². The molecule has 4 rings (SSSR count). The summed E-state index contributed by atoms with van der Waals surface area (Å²) >= 11 is 14.6. The van der Waals surface area contributed by atoms with Crippen molar-refractivity contribution < 1.29 is 13.9 Å². The average molecular weight is 625 g/mol. The van der Waals surface area contributed by atoms with E-state index in [0.717, 1.165) is 20.1 Å². The van der Waals surface area contributed by atoms with Gasteiger partial charge in [0.1, 0.15) is 18.2 Å². The van der Waals surface area contributed by atoms with Crippen molar-refractivity contribution in [3.8, 4) is 5.75 Å². The first-order valence-corrected chi connectivity index (χ1v) is 13.0. The maximum Gasteiger partial charge on any atom is 0.266 e. The number of amidine groups is 1. The van der Waals surface area contributed by atoms with Gasteiger partial charge in [-0.1, -0.05) is 29.8 Å². The molecular weight excluding hydrogens is 607 g/mol. The van der Waals surface area contributed by atoms with Crippen LogP contribution in [0.2, 0.25) is 5.02 Å². The molecule has 1 aliphatic rings. The van der Waals surface area contributed by atoms with Gasteiger partial charge in [-0.2, -0.15) is 0 Å². The van der Waals surface area contributed by atoms with Crippen LogP contribution in [0.15, 0.2) is 79.5 Å². The van der Waals surface area contributed by atoms with Crippen molar-refractivity contribution >= 4 is 78.1 Å². The maximum atomic E-state index is 13.2. The fraction of sp³-hybridized carbons (Fsp3) is 0.120. The van der Waals surface area contributed by atoms with Gasteiger partial charge in [0.15, 0.2) is 5.17 Å². The third-order valence-corrected chi connectivity index (χ3v) is 7.46. The van der Waals surface area contributed by atoms with E-state index in [1.54, 1.807) is 17.0 Å². The summed E-state index contributed by atoms with van der Waals surface area (Å²) in [5, 5.41) is 1.20. The van der Waals surface area contributed by atoms with Crippen molar-refractivity contribution in [3.05, 3.63) is 96.5 Å². The van der Waals surface area contributed by atoms with Gasteiger partial charge in [-0.15, -0.1) is 0 Å². The number of hydrogen-bond donors (Lipinski definition) is 0. The van der Waals surface area contributed by atoms with Gasteiger partial charge in [0, 0.05) is 17.1 Å². The average Bonchev–Trinajstić information content (AvgIpc) is 3.09. The first-order valence-electron chi connectivity index (χ1n) is 10.3. The zero-order valence-corrected chi connectivity index (χ0v) is 22.6. The second kappa shape index (κ2) is 11.1. The predicted octanol–water partition coefficient (Wildman–Crippen LogP) is 8.21. The molecule has 0 aliphatic carbocycles. The molecule has 0 saturated carbocycles. The SMILES string of the molecule is CCN1C(=O)/C(=C\c2cc(Br)c(OCc3ccccc3Cl)c(Br)c2)SC1=Nc1ccc(F)cc1. The highest BCUT2D eigenvalue weighted by Gasteiger charge is 2.32. The molecule has 0 aromatic heterocycles. The fourth-order valence-corrected chi connectivity index (χ4v) is 5.92. The summed E-state index contributed by atoms with van der Waals surface area (Å²) in [6, 6.07) is 17.1. The Balaban J connectivity index is 1.56. The van der Waals surface area contributed by atoms with Crippen molar-refractivity contribution in [2.75, 3.05) is 6.54 Å². The van der Waals surface area contributed by atoms with Gasteiger partial charge in [0.25, 0.3) is 5.91 Å². The molecule has 3 aromatic carbocycles. The number of halogens is 4. The second-order valence-electron chi connectivity index (χ2n) is 7.22. The number of carbonyl (C=O) groups excluding carboxylic acids is 1. The zero-order chi connectivity index (χ0) is 24.2. The van der Waals surface area contributed by atoms with Crippen molar-refractivity contribution in [2.24, 2.45) is 4.99 Å². The number of nitrogens with zero attached hydrogens (tertiary/aromatic N) is 2. The molecule has 1 amide bonds. The van der Waals surface area contributed by atoms with Gasteiger partial charge in [-0.05, 0) is 105 Å². The summed E-state index contributed by atoms with van der Waals surface area (Å²) in [7, 11) is 0. The van der Waals surface area contributed by atoms with Crippen LogP contribution in [-0.4, -0.2) is 22.5 Å². The van der Waals surface area contributed by atoms with Crippen LogP contribution in [0.3, 0.4) is 0 Å². The Kier molecular flexibility index (Phi) is 8.14. The number of rotatable bonds is 6. The molecule has 1 heterocycles. The number of carbonyl (C=O) groups is 1. The van der Waals surface area contributed by atoms with Crippen LogP contribution in [0.1, 0.15) is 18.1 Å². The summed E-state index contributed by atoms with van der Waals surface area (Å²) < 4.78 is 20.7. The molecule has 34 heavy (non-hydrogen) atoms. The van der Waals surface area contributed by atoms with Gasteiger partial charge in [-0.3, -0.25) is 9.69 Å². The molecule has 0 radical (unpaired) electrons. The molecule has 9 heteroatoms. The Hall–Kier alpha value is -2.13. The monoisotopic (exact) mass is 622 g/mol.